The lowest BCUT2D eigenvalue weighted by atomic mass is 10.1. The summed E-state index contributed by atoms with van der Waals surface area (Å²) in [7, 11) is 0. The Labute approximate surface area is 161 Å². The average Bonchev–Trinajstić information content (AvgIpc) is 3.18. The van der Waals surface area contributed by atoms with E-state index >= 15 is 0 Å². The molecule has 3 aromatic rings. The molecule has 1 amide bonds. The maximum absolute atomic E-state index is 13.0. The van der Waals surface area contributed by atoms with Crippen LogP contribution in [0.3, 0.4) is 0 Å². The largest absolute Gasteiger partial charge is 0.442 e. The van der Waals surface area contributed by atoms with E-state index in [2.05, 4.69) is 15.0 Å². The van der Waals surface area contributed by atoms with E-state index in [-0.39, 0.29) is 11.7 Å². The van der Waals surface area contributed by atoms with Crippen molar-refractivity contribution in [2.75, 3.05) is 19.7 Å². The molecule has 0 saturated carbocycles. The average molecular weight is 382 g/mol. The fourth-order valence-electron chi connectivity index (χ4n) is 3.11. The first-order chi connectivity index (χ1) is 13.6. The second kappa shape index (κ2) is 7.85. The summed E-state index contributed by atoms with van der Waals surface area (Å²) in [4.78, 5) is 26.8. The molecule has 1 aromatic carbocycles. The van der Waals surface area contributed by atoms with Crippen LogP contribution in [0.5, 0.6) is 0 Å². The van der Waals surface area contributed by atoms with Crippen LogP contribution in [0.2, 0.25) is 0 Å². The van der Waals surface area contributed by atoms with Crippen LogP contribution in [0.1, 0.15) is 39.4 Å². The van der Waals surface area contributed by atoms with Crippen LogP contribution in [-0.2, 0) is 11.2 Å². The maximum atomic E-state index is 13.0. The Morgan fingerprint density at radius 2 is 2.07 bits per heavy atom. The molecule has 1 fully saturated rings. The highest BCUT2D eigenvalue weighted by Gasteiger charge is 2.30. The van der Waals surface area contributed by atoms with Crippen molar-refractivity contribution in [3.63, 3.8) is 0 Å². The van der Waals surface area contributed by atoms with Crippen molar-refractivity contribution >= 4 is 5.91 Å². The fourth-order valence-corrected chi connectivity index (χ4v) is 3.11. The first-order valence-corrected chi connectivity index (χ1v) is 8.96. The fraction of sp³-hybridized carbons (Fsp3) is 0.300. The Balaban J connectivity index is 1.45. The number of hydrogen-bond donors (Lipinski definition) is 0. The van der Waals surface area contributed by atoms with Crippen LogP contribution in [0.25, 0.3) is 0 Å². The molecule has 0 radical (unpaired) electrons. The van der Waals surface area contributed by atoms with Gasteiger partial charge in [0.25, 0.3) is 5.91 Å². The molecule has 1 atom stereocenters. The molecule has 144 valence electrons. The topological polar surface area (TPSA) is 81.4 Å². The first kappa shape index (κ1) is 18.2. The summed E-state index contributed by atoms with van der Waals surface area (Å²) >= 11 is 0. The van der Waals surface area contributed by atoms with Crippen LogP contribution in [0.15, 0.2) is 47.4 Å². The van der Waals surface area contributed by atoms with Gasteiger partial charge in [0.15, 0.2) is 6.10 Å². The Morgan fingerprint density at radius 3 is 2.86 bits per heavy atom. The van der Waals surface area contributed by atoms with Crippen LogP contribution in [0, 0.1) is 12.7 Å². The van der Waals surface area contributed by atoms with Gasteiger partial charge < -0.3 is 14.1 Å². The zero-order valence-corrected chi connectivity index (χ0v) is 15.3. The Hall–Kier alpha value is -3.13. The first-order valence-electron chi connectivity index (χ1n) is 8.96. The number of aryl methyl sites for hydroxylation is 1. The van der Waals surface area contributed by atoms with Crippen LogP contribution in [0.4, 0.5) is 4.39 Å². The standard InChI is InChI=1S/C20H19FN4O3/c1-13-17(10-22-12-24-13)20(26)25-6-7-27-18(11-25)19-23-9-16(28-19)8-14-2-4-15(21)5-3-14/h2-5,9-10,12,18H,6-8,11H2,1H3. The van der Waals surface area contributed by atoms with Gasteiger partial charge in [-0.3, -0.25) is 4.79 Å². The number of carbonyl (C=O) groups is 1. The number of aromatic nitrogens is 3. The zero-order valence-electron chi connectivity index (χ0n) is 15.3. The van der Waals surface area contributed by atoms with Crippen molar-refractivity contribution in [1.82, 2.24) is 19.9 Å². The molecule has 0 aliphatic carbocycles. The molecule has 0 N–H and O–H groups in total. The summed E-state index contributed by atoms with van der Waals surface area (Å²) in [6.45, 7) is 2.98. The number of halogens is 1. The van der Waals surface area contributed by atoms with Gasteiger partial charge in [0.1, 0.15) is 17.9 Å². The zero-order chi connectivity index (χ0) is 19.5. The van der Waals surface area contributed by atoms with Gasteiger partial charge in [-0.1, -0.05) is 12.1 Å². The maximum Gasteiger partial charge on any atom is 0.257 e. The van der Waals surface area contributed by atoms with Gasteiger partial charge in [0.2, 0.25) is 5.89 Å². The van der Waals surface area contributed by atoms with Gasteiger partial charge in [-0.2, -0.15) is 0 Å². The smallest absolute Gasteiger partial charge is 0.257 e. The molecule has 1 aliphatic heterocycles. The Bertz CT molecular complexity index is 974. The van der Waals surface area contributed by atoms with Crippen molar-refractivity contribution in [2.45, 2.75) is 19.4 Å². The lowest BCUT2D eigenvalue weighted by Crippen LogP contribution is -2.42. The number of ether oxygens (including phenoxy) is 1. The summed E-state index contributed by atoms with van der Waals surface area (Å²) in [5, 5.41) is 0. The molecule has 0 bridgehead atoms. The van der Waals surface area contributed by atoms with E-state index in [1.54, 1.807) is 30.2 Å². The third-order valence-corrected chi connectivity index (χ3v) is 4.63. The van der Waals surface area contributed by atoms with Crippen molar-refractivity contribution in [3.8, 4) is 0 Å². The lowest BCUT2D eigenvalue weighted by molar-refractivity contribution is -0.0349. The second-order valence-electron chi connectivity index (χ2n) is 6.60. The molecular formula is C20H19FN4O3. The highest BCUT2D eigenvalue weighted by Crippen LogP contribution is 2.24. The van der Waals surface area contributed by atoms with E-state index < -0.39 is 6.10 Å². The van der Waals surface area contributed by atoms with E-state index in [0.29, 0.717) is 49.0 Å². The molecule has 7 nitrogen and oxygen atoms in total. The number of carbonyl (C=O) groups excluding carboxylic acids is 1. The summed E-state index contributed by atoms with van der Waals surface area (Å²) in [5.41, 5.74) is 2.04. The van der Waals surface area contributed by atoms with Crippen LogP contribution in [-0.4, -0.2) is 45.5 Å². The number of morpholine rings is 1. The van der Waals surface area contributed by atoms with E-state index in [9.17, 15) is 9.18 Å². The number of benzene rings is 1. The number of amides is 1. The van der Waals surface area contributed by atoms with Crippen molar-refractivity contribution in [1.29, 1.82) is 0 Å². The van der Waals surface area contributed by atoms with Crippen molar-refractivity contribution in [2.24, 2.45) is 0 Å². The quantitative estimate of drug-likeness (QED) is 0.690. The molecule has 28 heavy (non-hydrogen) atoms. The highest BCUT2D eigenvalue weighted by molar-refractivity contribution is 5.94. The molecule has 3 heterocycles. The number of rotatable bonds is 4. The van der Waals surface area contributed by atoms with E-state index in [0.717, 1.165) is 5.56 Å². The van der Waals surface area contributed by atoms with Gasteiger partial charge >= 0.3 is 0 Å². The molecule has 4 rings (SSSR count). The SMILES string of the molecule is Cc1ncncc1C(=O)N1CCOC(c2ncc(Cc3ccc(F)cc3)o2)C1. The van der Waals surface area contributed by atoms with Crippen molar-refractivity contribution in [3.05, 3.63) is 77.3 Å². The molecule has 1 unspecified atom stereocenters. The third-order valence-electron chi connectivity index (χ3n) is 4.63. The summed E-state index contributed by atoms with van der Waals surface area (Å²) in [5.74, 6) is 0.669. The highest BCUT2D eigenvalue weighted by atomic mass is 19.1. The minimum absolute atomic E-state index is 0.135. The van der Waals surface area contributed by atoms with Gasteiger partial charge in [-0.15, -0.1) is 0 Å². The Morgan fingerprint density at radius 1 is 1.25 bits per heavy atom. The molecule has 1 saturated heterocycles. The van der Waals surface area contributed by atoms with Gasteiger partial charge in [0, 0.05) is 19.2 Å². The van der Waals surface area contributed by atoms with Crippen LogP contribution >= 0.6 is 0 Å². The molecule has 0 spiro atoms. The predicted molar refractivity (Wildman–Crippen MR) is 97.1 cm³/mol. The summed E-state index contributed by atoms with van der Waals surface area (Å²) in [6.07, 6.45) is 4.65. The van der Waals surface area contributed by atoms with E-state index in [4.69, 9.17) is 9.15 Å². The predicted octanol–water partition coefficient (Wildman–Crippen LogP) is 2.72. The molecule has 1 aliphatic rings. The van der Waals surface area contributed by atoms with E-state index in [1.165, 1.54) is 24.7 Å². The van der Waals surface area contributed by atoms with Gasteiger partial charge in [-0.25, -0.2) is 19.3 Å². The number of oxazole rings is 1. The van der Waals surface area contributed by atoms with Crippen LogP contribution < -0.4 is 0 Å². The number of nitrogens with zero attached hydrogens (tertiary/aromatic N) is 4. The summed E-state index contributed by atoms with van der Waals surface area (Å²) < 4.78 is 24.6. The monoisotopic (exact) mass is 382 g/mol. The summed E-state index contributed by atoms with van der Waals surface area (Å²) in [6, 6.07) is 6.24. The van der Waals surface area contributed by atoms with Gasteiger partial charge in [-0.05, 0) is 24.6 Å². The van der Waals surface area contributed by atoms with Gasteiger partial charge in [0.05, 0.1) is 30.6 Å². The van der Waals surface area contributed by atoms with E-state index in [1.807, 2.05) is 0 Å². The third kappa shape index (κ3) is 3.91. The molecule has 2 aromatic heterocycles. The molecular weight excluding hydrogens is 363 g/mol. The normalized spacial score (nSPS) is 16.9. The van der Waals surface area contributed by atoms with Crippen molar-refractivity contribution < 1.29 is 18.3 Å². The number of hydrogen-bond acceptors (Lipinski definition) is 6. The molecule has 8 heteroatoms. The minimum Gasteiger partial charge on any atom is -0.442 e. The lowest BCUT2D eigenvalue weighted by Gasteiger charge is -2.31. The second-order valence-corrected chi connectivity index (χ2v) is 6.60. The minimum atomic E-state index is -0.440. The Kier molecular flexibility index (Phi) is 5.12.